The molecule has 3 nitrogen and oxygen atoms in total. The van der Waals surface area contributed by atoms with Crippen molar-refractivity contribution in [2.24, 2.45) is 11.3 Å². The number of aliphatic hydroxyl groups is 1. The van der Waals surface area contributed by atoms with E-state index in [1.54, 1.807) is 0 Å². The third kappa shape index (κ3) is 1.73. The van der Waals surface area contributed by atoms with E-state index in [2.05, 4.69) is 10.6 Å². The zero-order chi connectivity index (χ0) is 9.15. The largest absolute Gasteiger partial charge is 0.395 e. The van der Waals surface area contributed by atoms with E-state index in [0.29, 0.717) is 5.41 Å². The molecular weight excluding hydrogens is 164 g/mol. The van der Waals surface area contributed by atoms with E-state index in [-0.39, 0.29) is 6.61 Å². The summed E-state index contributed by atoms with van der Waals surface area (Å²) in [5.41, 5.74) is 0.627. The minimum atomic E-state index is 0.257. The highest BCUT2D eigenvalue weighted by Crippen LogP contribution is 2.48. The van der Waals surface area contributed by atoms with Crippen molar-refractivity contribution in [3.63, 3.8) is 0 Å². The fraction of sp³-hybridized carbons (Fsp3) is 1.00. The first-order valence-corrected chi connectivity index (χ1v) is 5.40. The summed E-state index contributed by atoms with van der Waals surface area (Å²) in [6.45, 7) is 4.46. The van der Waals surface area contributed by atoms with Gasteiger partial charge >= 0.3 is 0 Å². The van der Waals surface area contributed by atoms with E-state index in [4.69, 9.17) is 5.11 Å². The molecule has 1 saturated heterocycles. The van der Waals surface area contributed by atoms with Crippen molar-refractivity contribution in [1.29, 1.82) is 0 Å². The summed E-state index contributed by atoms with van der Waals surface area (Å²) in [5.74, 6) is 0.799. The zero-order valence-corrected chi connectivity index (χ0v) is 8.18. The summed E-state index contributed by atoms with van der Waals surface area (Å²) in [7, 11) is 0. The normalized spacial score (nSPS) is 30.7. The van der Waals surface area contributed by atoms with Crippen molar-refractivity contribution in [1.82, 2.24) is 10.6 Å². The van der Waals surface area contributed by atoms with Crippen molar-refractivity contribution in [3.05, 3.63) is 0 Å². The molecule has 13 heavy (non-hydrogen) atoms. The minimum Gasteiger partial charge on any atom is -0.395 e. The van der Waals surface area contributed by atoms with Crippen LogP contribution in [-0.2, 0) is 0 Å². The Hall–Kier alpha value is -0.120. The van der Waals surface area contributed by atoms with Crippen molar-refractivity contribution in [2.75, 3.05) is 32.8 Å². The number of nitrogens with one attached hydrogen (secondary N) is 2. The van der Waals surface area contributed by atoms with Gasteiger partial charge in [-0.05, 0) is 37.3 Å². The standard InChI is InChI=1S/C10H20N2O/c13-5-4-11-6-9-7-12-8-10(9)2-1-3-10/h9,11-13H,1-8H2. The molecule has 0 aromatic rings. The van der Waals surface area contributed by atoms with Gasteiger partial charge in [0.2, 0.25) is 0 Å². The summed E-state index contributed by atoms with van der Waals surface area (Å²) >= 11 is 0. The van der Waals surface area contributed by atoms with Crippen molar-refractivity contribution in [2.45, 2.75) is 19.3 Å². The zero-order valence-electron chi connectivity index (χ0n) is 8.18. The van der Waals surface area contributed by atoms with Crippen molar-refractivity contribution >= 4 is 0 Å². The molecule has 0 amide bonds. The molecule has 2 aliphatic rings. The van der Waals surface area contributed by atoms with E-state index >= 15 is 0 Å². The van der Waals surface area contributed by atoms with Crippen LogP contribution in [0.1, 0.15) is 19.3 Å². The lowest BCUT2D eigenvalue weighted by atomic mass is 9.63. The molecule has 0 radical (unpaired) electrons. The fourth-order valence-electron chi connectivity index (χ4n) is 2.72. The molecule has 1 unspecified atom stereocenters. The van der Waals surface area contributed by atoms with Gasteiger partial charge in [0.15, 0.2) is 0 Å². The highest BCUT2D eigenvalue weighted by atomic mass is 16.3. The van der Waals surface area contributed by atoms with E-state index in [0.717, 1.165) is 19.0 Å². The fourth-order valence-corrected chi connectivity index (χ4v) is 2.72. The predicted molar refractivity (Wildman–Crippen MR) is 52.6 cm³/mol. The SMILES string of the molecule is OCCNCC1CNCC12CCC2. The second-order valence-corrected chi connectivity index (χ2v) is 4.47. The van der Waals surface area contributed by atoms with Gasteiger partial charge in [-0.1, -0.05) is 6.42 Å². The first kappa shape index (κ1) is 9.44. The van der Waals surface area contributed by atoms with Crippen LogP contribution in [0.5, 0.6) is 0 Å². The highest BCUT2D eigenvalue weighted by Gasteiger charge is 2.46. The molecule has 2 fully saturated rings. The average Bonchev–Trinajstić information content (AvgIpc) is 2.48. The first-order valence-electron chi connectivity index (χ1n) is 5.40. The number of hydrogen-bond donors (Lipinski definition) is 3. The number of aliphatic hydroxyl groups excluding tert-OH is 1. The van der Waals surface area contributed by atoms with Gasteiger partial charge in [0, 0.05) is 13.1 Å². The van der Waals surface area contributed by atoms with Gasteiger partial charge in [0.1, 0.15) is 0 Å². The molecule has 0 bridgehead atoms. The maximum atomic E-state index is 8.66. The Morgan fingerprint density at radius 1 is 1.46 bits per heavy atom. The molecule has 0 aromatic carbocycles. The maximum absolute atomic E-state index is 8.66. The molecule has 1 aliphatic carbocycles. The van der Waals surface area contributed by atoms with Crippen LogP contribution in [-0.4, -0.2) is 37.9 Å². The second kappa shape index (κ2) is 3.95. The number of rotatable bonds is 4. The van der Waals surface area contributed by atoms with Crippen molar-refractivity contribution in [3.8, 4) is 0 Å². The smallest absolute Gasteiger partial charge is 0.0555 e. The van der Waals surface area contributed by atoms with Gasteiger partial charge in [-0.2, -0.15) is 0 Å². The molecule has 0 aromatic heterocycles. The molecule has 3 N–H and O–H groups in total. The number of hydrogen-bond acceptors (Lipinski definition) is 3. The monoisotopic (exact) mass is 184 g/mol. The lowest BCUT2D eigenvalue weighted by molar-refractivity contribution is 0.0962. The Balaban J connectivity index is 1.77. The van der Waals surface area contributed by atoms with Crippen LogP contribution in [0.2, 0.25) is 0 Å². The molecule has 76 valence electrons. The quantitative estimate of drug-likeness (QED) is 0.537. The van der Waals surface area contributed by atoms with Gasteiger partial charge in [-0.3, -0.25) is 0 Å². The molecule has 1 atom stereocenters. The molecule has 3 heteroatoms. The third-order valence-corrected chi connectivity index (χ3v) is 3.76. The van der Waals surface area contributed by atoms with E-state index < -0.39 is 0 Å². The predicted octanol–water partition coefficient (Wildman–Crippen LogP) is -0.0420. The Kier molecular flexibility index (Phi) is 2.86. The van der Waals surface area contributed by atoms with Crippen LogP contribution >= 0.6 is 0 Å². The maximum Gasteiger partial charge on any atom is 0.0555 e. The first-order chi connectivity index (χ1) is 6.37. The van der Waals surface area contributed by atoms with Gasteiger partial charge in [0.05, 0.1) is 6.61 Å². The summed E-state index contributed by atoms with van der Waals surface area (Å²) < 4.78 is 0. The minimum absolute atomic E-state index is 0.257. The summed E-state index contributed by atoms with van der Waals surface area (Å²) in [5, 5.41) is 15.5. The molecular formula is C10H20N2O. The molecule has 2 rings (SSSR count). The summed E-state index contributed by atoms with van der Waals surface area (Å²) in [4.78, 5) is 0. The van der Waals surface area contributed by atoms with Crippen LogP contribution in [0, 0.1) is 11.3 Å². The lowest BCUT2D eigenvalue weighted by Crippen LogP contribution is -2.42. The Labute approximate surface area is 79.9 Å². The van der Waals surface area contributed by atoms with E-state index in [1.807, 2.05) is 0 Å². The molecule has 1 heterocycles. The highest BCUT2D eigenvalue weighted by molar-refractivity contribution is 5.00. The van der Waals surface area contributed by atoms with Crippen LogP contribution in [0.4, 0.5) is 0 Å². The second-order valence-electron chi connectivity index (χ2n) is 4.47. The van der Waals surface area contributed by atoms with Gasteiger partial charge in [0.25, 0.3) is 0 Å². The Bertz CT molecular complexity index is 168. The summed E-state index contributed by atoms with van der Waals surface area (Å²) in [6.07, 6.45) is 4.23. The van der Waals surface area contributed by atoms with Crippen LogP contribution < -0.4 is 10.6 Å². The van der Waals surface area contributed by atoms with E-state index in [1.165, 1.54) is 32.4 Å². The van der Waals surface area contributed by atoms with Crippen LogP contribution in [0.3, 0.4) is 0 Å². The summed E-state index contributed by atoms with van der Waals surface area (Å²) in [6, 6.07) is 0. The topological polar surface area (TPSA) is 44.3 Å². The molecule has 1 spiro atoms. The molecule has 1 saturated carbocycles. The van der Waals surface area contributed by atoms with Crippen LogP contribution in [0.25, 0.3) is 0 Å². The Morgan fingerprint density at radius 3 is 2.92 bits per heavy atom. The molecule has 1 aliphatic heterocycles. The third-order valence-electron chi connectivity index (χ3n) is 3.76. The lowest BCUT2D eigenvalue weighted by Gasteiger charge is -2.43. The van der Waals surface area contributed by atoms with Gasteiger partial charge in [-0.25, -0.2) is 0 Å². The van der Waals surface area contributed by atoms with Gasteiger partial charge in [-0.15, -0.1) is 0 Å². The van der Waals surface area contributed by atoms with Gasteiger partial charge < -0.3 is 15.7 Å². The Morgan fingerprint density at radius 2 is 2.31 bits per heavy atom. The van der Waals surface area contributed by atoms with Crippen LogP contribution in [0.15, 0.2) is 0 Å². The average molecular weight is 184 g/mol. The van der Waals surface area contributed by atoms with E-state index in [9.17, 15) is 0 Å². The van der Waals surface area contributed by atoms with Crippen molar-refractivity contribution < 1.29 is 5.11 Å².